The third-order valence-corrected chi connectivity index (χ3v) is 11.3. The Balaban J connectivity index is 1.49. The van der Waals surface area contributed by atoms with Crippen LogP contribution >= 0.6 is 35.0 Å². The van der Waals surface area contributed by atoms with Gasteiger partial charge in [0.1, 0.15) is 0 Å². The molecular formula is C31H33Cl2N3O6S2. The van der Waals surface area contributed by atoms with Gasteiger partial charge in [-0.05, 0) is 48.6 Å². The minimum absolute atomic E-state index is 0.0280. The average molecular weight is 679 g/mol. The molecule has 2 unspecified atom stereocenters. The first kappa shape index (κ1) is 32.6. The molecule has 2 aromatic carbocycles. The maximum Gasteiger partial charge on any atom is 0.334 e. The van der Waals surface area contributed by atoms with Crippen LogP contribution in [0.25, 0.3) is 0 Å². The third kappa shape index (κ3) is 7.18. The summed E-state index contributed by atoms with van der Waals surface area (Å²) in [5.41, 5.74) is -0.511. The topological polar surface area (TPSA) is 127 Å². The summed E-state index contributed by atoms with van der Waals surface area (Å²) in [5, 5.41) is 24.0. The van der Waals surface area contributed by atoms with Gasteiger partial charge in [0.25, 0.3) is 0 Å². The van der Waals surface area contributed by atoms with Crippen molar-refractivity contribution in [1.82, 2.24) is 15.1 Å². The number of thioether (sulfide) groups is 1. The molecule has 0 bridgehead atoms. The minimum atomic E-state index is -1.68. The number of benzene rings is 2. The Labute approximate surface area is 272 Å². The molecule has 13 heteroatoms. The van der Waals surface area contributed by atoms with Crippen LogP contribution in [0.2, 0.25) is 10.0 Å². The fourth-order valence-electron chi connectivity index (χ4n) is 6.08. The summed E-state index contributed by atoms with van der Waals surface area (Å²) in [5.74, 6) is -2.51. The maximum atomic E-state index is 13.7. The minimum Gasteiger partial charge on any atom is -0.478 e. The molecule has 234 valence electrons. The van der Waals surface area contributed by atoms with Crippen molar-refractivity contribution in [1.29, 1.82) is 0 Å². The number of halogens is 2. The number of nitrogens with zero attached hydrogens (tertiary/aromatic N) is 2. The van der Waals surface area contributed by atoms with Crippen molar-refractivity contribution in [2.24, 2.45) is 0 Å². The number of carboxylic acid groups (broad SMARTS) is 2. The molecule has 0 aromatic heterocycles. The SMILES string of the molecule is O=C(O)C1=C(CC(=O)N2CCN(C3CCSCC3)CC2)NC(CS(=O)c2ccccc2)=C(C(=O)O)C1c1c(Cl)cccc1Cl. The Bertz CT molecular complexity index is 1500. The number of rotatable bonds is 9. The predicted octanol–water partition coefficient (Wildman–Crippen LogP) is 4.60. The van der Waals surface area contributed by atoms with Crippen molar-refractivity contribution >= 4 is 63.6 Å². The van der Waals surface area contributed by atoms with Gasteiger partial charge < -0.3 is 20.4 Å². The van der Waals surface area contributed by atoms with E-state index in [2.05, 4.69) is 10.2 Å². The lowest BCUT2D eigenvalue weighted by Gasteiger charge is -2.41. The van der Waals surface area contributed by atoms with E-state index in [4.69, 9.17) is 23.2 Å². The Morgan fingerprint density at radius 2 is 1.45 bits per heavy atom. The molecule has 2 aromatic rings. The first-order chi connectivity index (χ1) is 21.2. The average Bonchev–Trinajstić information content (AvgIpc) is 3.01. The van der Waals surface area contributed by atoms with Crippen LogP contribution in [-0.4, -0.2) is 91.5 Å². The Morgan fingerprint density at radius 1 is 0.864 bits per heavy atom. The normalized spacial score (nSPS) is 20.8. The largest absolute Gasteiger partial charge is 0.478 e. The molecular weight excluding hydrogens is 645 g/mol. The summed E-state index contributed by atoms with van der Waals surface area (Å²) >= 11 is 15.0. The van der Waals surface area contributed by atoms with Crippen LogP contribution in [0, 0.1) is 0 Å². The second-order valence-corrected chi connectivity index (χ2v) is 14.3. The molecule has 0 radical (unpaired) electrons. The fourth-order valence-corrected chi connectivity index (χ4v) is 8.89. The van der Waals surface area contributed by atoms with Crippen LogP contribution in [0.5, 0.6) is 0 Å². The van der Waals surface area contributed by atoms with E-state index in [1.165, 1.54) is 12.1 Å². The molecule has 3 N–H and O–H groups in total. The molecule has 44 heavy (non-hydrogen) atoms. The molecule has 5 rings (SSSR count). The molecule has 2 fully saturated rings. The number of nitrogens with one attached hydrogen (secondary N) is 1. The fraction of sp³-hybridized carbons (Fsp3) is 0.387. The highest BCUT2D eigenvalue weighted by Gasteiger charge is 2.41. The molecule has 9 nitrogen and oxygen atoms in total. The van der Waals surface area contributed by atoms with E-state index in [0.717, 1.165) is 37.4 Å². The number of carboxylic acids is 2. The first-order valence-electron chi connectivity index (χ1n) is 14.3. The summed E-state index contributed by atoms with van der Waals surface area (Å²) in [7, 11) is -1.68. The van der Waals surface area contributed by atoms with Crippen molar-refractivity contribution in [3.05, 3.63) is 86.7 Å². The van der Waals surface area contributed by atoms with Crippen LogP contribution in [0.15, 0.2) is 76.0 Å². The lowest BCUT2D eigenvalue weighted by atomic mass is 9.79. The van der Waals surface area contributed by atoms with E-state index in [0.29, 0.717) is 24.0 Å². The number of hydrogen-bond acceptors (Lipinski definition) is 7. The van der Waals surface area contributed by atoms with Gasteiger partial charge in [0.2, 0.25) is 5.91 Å². The Morgan fingerprint density at radius 3 is 2.05 bits per heavy atom. The van der Waals surface area contributed by atoms with Gasteiger partial charge in [-0.15, -0.1) is 0 Å². The van der Waals surface area contributed by atoms with Gasteiger partial charge in [-0.2, -0.15) is 11.8 Å². The molecule has 3 aliphatic rings. The highest BCUT2D eigenvalue weighted by molar-refractivity contribution is 7.99. The van der Waals surface area contributed by atoms with Gasteiger partial charge in [-0.25, -0.2) is 9.59 Å². The molecule has 2 saturated heterocycles. The molecule has 2 atom stereocenters. The lowest BCUT2D eigenvalue weighted by molar-refractivity contribution is -0.133. The second-order valence-electron chi connectivity index (χ2n) is 10.8. The molecule has 3 aliphatic heterocycles. The second kappa shape index (κ2) is 14.5. The molecule has 0 aliphatic carbocycles. The van der Waals surface area contributed by atoms with Crippen molar-refractivity contribution in [3.63, 3.8) is 0 Å². The first-order valence-corrected chi connectivity index (χ1v) is 17.5. The molecule has 0 spiro atoms. The van der Waals surface area contributed by atoms with Crippen molar-refractivity contribution in [2.75, 3.05) is 43.4 Å². The highest BCUT2D eigenvalue weighted by Crippen LogP contribution is 2.45. The van der Waals surface area contributed by atoms with Crippen molar-refractivity contribution in [2.45, 2.75) is 36.1 Å². The number of hydrogen-bond donors (Lipinski definition) is 3. The van der Waals surface area contributed by atoms with Crippen LogP contribution in [-0.2, 0) is 25.2 Å². The van der Waals surface area contributed by atoms with Gasteiger partial charge >= 0.3 is 11.9 Å². The van der Waals surface area contributed by atoms with Crippen molar-refractivity contribution in [3.8, 4) is 0 Å². The molecule has 0 saturated carbocycles. The van der Waals surface area contributed by atoms with Gasteiger partial charge in [0, 0.05) is 64.1 Å². The number of aliphatic carboxylic acids is 2. The zero-order valence-corrected chi connectivity index (χ0v) is 27.0. The van der Waals surface area contributed by atoms with E-state index in [1.807, 2.05) is 11.8 Å². The van der Waals surface area contributed by atoms with Crippen LogP contribution < -0.4 is 5.32 Å². The van der Waals surface area contributed by atoms with Gasteiger partial charge in [0.05, 0.1) is 40.0 Å². The van der Waals surface area contributed by atoms with Crippen molar-refractivity contribution < 1.29 is 28.8 Å². The third-order valence-electron chi connectivity index (χ3n) is 8.26. The predicted molar refractivity (Wildman–Crippen MR) is 172 cm³/mol. The van der Waals surface area contributed by atoms with Gasteiger partial charge in [0.15, 0.2) is 0 Å². The maximum absolute atomic E-state index is 13.7. The Kier molecular flexibility index (Phi) is 10.7. The number of carbonyl (C=O) groups is 3. The number of piperazine rings is 1. The lowest BCUT2D eigenvalue weighted by Crippen LogP contribution is -2.53. The summed E-state index contributed by atoms with van der Waals surface area (Å²) in [6.07, 6.45) is 1.96. The highest BCUT2D eigenvalue weighted by atomic mass is 35.5. The standard InChI is InChI=1S/C31H33Cl2N3O6S2/c32-21-7-4-8-22(33)26(21)29-27(30(38)39)23(17-25(37)36-13-11-35(12-14-36)19-9-15-43-16-10-19)34-24(28(29)31(40)41)18-44(42)20-5-2-1-3-6-20/h1-8,19,29,34H,9-18H2,(H,38,39)(H,40,41). The van der Waals surface area contributed by atoms with E-state index < -0.39 is 28.7 Å². The van der Waals surface area contributed by atoms with Crippen LogP contribution in [0.4, 0.5) is 0 Å². The molecule has 3 heterocycles. The number of amides is 1. The Hall–Kier alpha value is -2.83. The molecule has 1 amide bonds. The van der Waals surface area contributed by atoms with Crippen LogP contribution in [0.3, 0.4) is 0 Å². The number of carbonyl (C=O) groups excluding carboxylic acids is 1. The summed E-state index contributed by atoms with van der Waals surface area (Å²) < 4.78 is 13.4. The quantitative estimate of drug-likeness (QED) is 0.349. The van der Waals surface area contributed by atoms with E-state index in [-0.39, 0.29) is 56.2 Å². The smallest absolute Gasteiger partial charge is 0.334 e. The summed E-state index contributed by atoms with van der Waals surface area (Å²) in [6, 6.07) is 13.6. The van der Waals surface area contributed by atoms with E-state index >= 15 is 0 Å². The summed E-state index contributed by atoms with van der Waals surface area (Å²) in [4.78, 5) is 44.0. The van der Waals surface area contributed by atoms with E-state index in [1.54, 1.807) is 41.3 Å². The van der Waals surface area contributed by atoms with E-state index in [9.17, 15) is 28.8 Å². The monoisotopic (exact) mass is 677 g/mol. The van der Waals surface area contributed by atoms with Gasteiger partial charge in [-0.3, -0.25) is 13.9 Å². The van der Waals surface area contributed by atoms with Gasteiger partial charge in [-0.1, -0.05) is 47.5 Å². The zero-order valence-electron chi connectivity index (χ0n) is 23.8. The zero-order chi connectivity index (χ0) is 31.4. The summed E-state index contributed by atoms with van der Waals surface area (Å²) in [6.45, 7) is 2.50. The number of dihydropyridines is 1. The van der Waals surface area contributed by atoms with Crippen LogP contribution in [0.1, 0.15) is 30.7 Å².